The van der Waals surface area contributed by atoms with Crippen molar-refractivity contribution in [1.29, 1.82) is 0 Å². The predicted octanol–water partition coefficient (Wildman–Crippen LogP) is 3.37. The van der Waals surface area contributed by atoms with E-state index in [-0.39, 0.29) is 13.2 Å². The monoisotopic (exact) mass is 361 g/mol. The topological polar surface area (TPSA) is 81.7 Å². The first-order valence-electron chi connectivity index (χ1n) is 7.71. The van der Waals surface area contributed by atoms with Gasteiger partial charge in [-0.3, -0.25) is 9.59 Å². The van der Waals surface area contributed by atoms with Crippen LogP contribution in [-0.2, 0) is 9.53 Å². The summed E-state index contributed by atoms with van der Waals surface area (Å²) < 4.78 is 10.4. The summed E-state index contributed by atoms with van der Waals surface area (Å²) in [5, 5.41) is 3.14. The summed E-state index contributed by atoms with van der Waals surface area (Å²) in [6, 6.07) is 6.51. The van der Waals surface area contributed by atoms with Crippen LogP contribution in [0.3, 0.4) is 0 Å². The van der Waals surface area contributed by atoms with E-state index in [0.717, 1.165) is 10.4 Å². The van der Waals surface area contributed by atoms with E-state index >= 15 is 0 Å². The van der Waals surface area contributed by atoms with Gasteiger partial charge >= 0.3 is 5.97 Å². The van der Waals surface area contributed by atoms with Crippen molar-refractivity contribution in [2.75, 3.05) is 18.5 Å². The average molecular weight is 361 g/mol. The average Bonchev–Trinajstić information content (AvgIpc) is 2.87. The van der Waals surface area contributed by atoms with E-state index in [1.807, 2.05) is 13.8 Å². The Balaban J connectivity index is 2.06. The van der Waals surface area contributed by atoms with E-state index in [9.17, 15) is 14.4 Å². The number of rotatable bonds is 7. The van der Waals surface area contributed by atoms with Crippen LogP contribution in [0.1, 0.15) is 38.1 Å². The minimum atomic E-state index is -0.459. The van der Waals surface area contributed by atoms with Gasteiger partial charge in [-0.05, 0) is 38.5 Å². The molecule has 6 nitrogen and oxygen atoms in total. The first-order chi connectivity index (χ1) is 12.0. The fourth-order valence-electron chi connectivity index (χ4n) is 2.15. The first-order valence-corrected chi connectivity index (χ1v) is 8.52. The Kier molecular flexibility index (Phi) is 6.30. The molecule has 0 unspecified atom stereocenters. The molecule has 2 rings (SSSR count). The summed E-state index contributed by atoms with van der Waals surface area (Å²) in [7, 11) is 0. The van der Waals surface area contributed by atoms with Gasteiger partial charge in [0.1, 0.15) is 17.0 Å². The van der Waals surface area contributed by atoms with Crippen LogP contribution in [0.4, 0.5) is 5.00 Å². The van der Waals surface area contributed by atoms with Crippen LogP contribution < -0.4 is 10.1 Å². The lowest BCUT2D eigenvalue weighted by Crippen LogP contribution is -2.21. The number of nitrogens with one attached hydrogen (secondary N) is 1. The van der Waals surface area contributed by atoms with Gasteiger partial charge in [-0.25, -0.2) is 4.79 Å². The molecule has 0 aliphatic rings. The number of amides is 1. The Bertz CT molecular complexity index is 797. The number of anilines is 1. The molecule has 0 radical (unpaired) electrons. The normalized spacial score (nSPS) is 10.2. The molecule has 0 saturated carbocycles. The summed E-state index contributed by atoms with van der Waals surface area (Å²) in [5.74, 6) is -0.438. The largest absolute Gasteiger partial charge is 0.484 e. The predicted molar refractivity (Wildman–Crippen MR) is 95.7 cm³/mol. The van der Waals surface area contributed by atoms with Crippen molar-refractivity contribution in [1.82, 2.24) is 0 Å². The second kappa shape index (κ2) is 8.43. The van der Waals surface area contributed by atoms with Gasteiger partial charge in [-0.2, -0.15) is 0 Å². The molecule has 25 heavy (non-hydrogen) atoms. The van der Waals surface area contributed by atoms with Crippen molar-refractivity contribution in [3.05, 3.63) is 45.8 Å². The van der Waals surface area contributed by atoms with Crippen LogP contribution in [0.5, 0.6) is 5.75 Å². The molecule has 0 aliphatic carbocycles. The van der Waals surface area contributed by atoms with E-state index in [4.69, 9.17) is 9.47 Å². The third kappa shape index (κ3) is 4.67. The molecule has 0 saturated heterocycles. The minimum Gasteiger partial charge on any atom is -0.484 e. The Hall–Kier alpha value is -2.67. The van der Waals surface area contributed by atoms with Gasteiger partial charge in [0.25, 0.3) is 5.91 Å². The molecule has 1 heterocycles. The molecule has 0 atom stereocenters. The number of benzene rings is 1. The Morgan fingerprint density at radius 3 is 2.72 bits per heavy atom. The van der Waals surface area contributed by atoms with Crippen LogP contribution >= 0.6 is 11.3 Å². The summed E-state index contributed by atoms with van der Waals surface area (Å²) in [4.78, 5) is 35.9. The van der Waals surface area contributed by atoms with Crippen molar-refractivity contribution in [3.8, 4) is 5.75 Å². The number of hydrogen-bond donors (Lipinski definition) is 1. The maximum Gasteiger partial charge on any atom is 0.341 e. The summed E-state index contributed by atoms with van der Waals surface area (Å²) in [6.07, 6.45) is 0.704. The second-order valence-corrected chi connectivity index (χ2v) is 6.46. The third-order valence-electron chi connectivity index (χ3n) is 3.48. The smallest absolute Gasteiger partial charge is 0.341 e. The molecule has 0 bridgehead atoms. The molecule has 132 valence electrons. The molecular formula is C18H19NO5S. The van der Waals surface area contributed by atoms with E-state index in [1.165, 1.54) is 11.3 Å². The van der Waals surface area contributed by atoms with Gasteiger partial charge in [0, 0.05) is 10.4 Å². The quantitative estimate of drug-likeness (QED) is 0.604. The first kappa shape index (κ1) is 18.7. The lowest BCUT2D eigenvalue weighted by molar-refractivity contribution is -0.118. The SMILES string of the molecule is CCOC(=O)c1c(NC(=O)COc2cccc(C=O)c2)sc(C)c1C. The maximum absolute atomic E-state index is 12.1. The lowest BCUT2D eigenvalue weighted by atomic mass is 10.1. The number of aldehydes is 1. The van der Waals surface area contributed by atoms with Gasteiger partial charge in [0.2, 0.25) is 0 Å². The summed E-state index contributed by atoms with van der Waals surface area (Å²) >= 11 is 1.32. The van der Waals surface area contributed by atoms with Crippen molar-refractivity contribution < 1.29 is 23.9 Å². The van der Waals surface area contributed by atoms with Crippen LogP contribution in [0.15, 0.2) is 24.3 Å². The molecule has 0 fully saturated rings. The van der Waals surface area contributed by atoms with Gasteiger partial charge in [0.05, 0.1) is 12.2 Å². The Morgan fingerprint density at radius 1 is 1.28 bits per heavy atom. The summed E-state index contributed by atoms with van der Waals surface area (Å²) in [6.45, 7) is 5.44. The van der Waals surface area contributed by atoms with Gasteiger partial charge in [-0.15, -0.1) is 11.3 Å². The highest BCUT2D eigenvalue weighted by Crippen LogP contribution is 2.33. The lowest BCUT2D eigenvalue weighted by Gasteiger charge is -2.09. The standard InChI is InChI=1S/C18H19NO5S/c1-4-23-18(22)16-11(2)12(3)25-17(16)19-15(21)10-24-14-7-5-6-13(8-14)9-20/h5-9H,4,10H2,1-3H3,(H,19,21). The fourth-order valence-corrected chi connectivity index (χ4v) is 3.22. The van der Waals surface area contributed by atoms with E-state index in [0.29, 0.717) is 28.2 Å². The molecule has 1 amide bonds. The number of ether oxygens (including phenoxy) is 2. The van der Waals surface area contributed by atoms with Crippen LogP contribution in [0.25, 0.3) is 0 Å². The fraction of sp³-hybridized carbons (Fsp3) is 0.278. The molecule has 2 aromatic rings. The molecule has 1 aromatic carbocycles. The van der Waals surface area contributed by atoms with Crippen LogP contribution in [0, 0.1) is 13.8 Å². The molecule has 1 aromatic heterocycles. The molecule has 0 aliphatic heterocycles. The number of aryl methyl sites for hydroxylation is 1. The molecular weight excluding hydrogens is 342 g/mol. The van der Waals surface area contributed by atoms with Crippen molar-refractivity contribution in [2.24, 2.45) is 0 Å². The highest BCUT2D eigenvalue weighted by molar-refractivity contribution is 7.16. The van der Waals surface area contributed by atoms with E-state index < -0.39 is 11.9 Å². The third-order valence-corrected chi connectivity index (χ3v) is 4.60. The van der Waals surface area contributed by atoms with Gasteiger partial charge in [-0.1, -0.05) is 12.1 Å². The van der Waals surface area contributed by atoms with E-state index in [2.05, 4.69) is 5.32 Å². The number of carbonyl (C=O) groups excluding carboxylic acids is 3. The number of thiophene rings is 1. The highest BCUT2D eigenvalue weighted by atomic mass is 32.1. The Labute approximate surface area is 149 Å². The van der Waals surface area contributed by atoms with Gasteiger partial charge < -0.3 is 14.8 Å². The number of esters is 1. The zero-order valence-corrected chi connectivity index (χ0v) is 15.1. The zero-order chi connectivity index (χ0) is 18.4. The second-order valence-electron chi connectivity index (χ2n) is 5.24. The molecule has 0 spiro atoms. The Morgan fingerprint density at radius 2 is 2.04 bits per heavy atom. The molecule has 1 N–H and O–H groups in total. The van der Waals surface area contributed by atoms with Crippen molar-refractivity contribution in [3.63, 3.8) is 0 Å². The van der Waals surface area contributed by atoms with Crippen LogP contribution in [-0.4, -0.2) is 31.4 Å². The zero-order valence-electron chi connectivity index (χ0n) is 14.3. The molecule has 7 heteroatoms. The number of hydrogen-bond acceptors (Lipinski definition) is 6. The van der Waals surface area contributed by atoms with E-state index in [1.54, 1.807) is 31.2 Å². The van der Waals surface area contributed by atoms with Crippen molar-refractivity contribution in [2.45, 2.75) is 20.8 Å². The summed E-state index contributed by atoms with van der Waals surface area (Å²) in [5.41, 5.74) is 1.63. The van der Waals surface area contributed by atoms with Crippen LogP contribution in [0.2, 0.25) is 0 Å². The maximum atomic E-state index is 12.1. The van der Waals surface area contributed by atoms with Crippen molar-refractivity contribution >= 4 is 34.5 Å². The highest BCUT2D eigenvalue weighted by Gasteiger charge is 2.22. The van der Waals surface area contributed by atoms with Gasteiger partial charge in [0.15, 0.2) is 6.61 Å². The minimum absolute atomic E-state index is 0.236. The number of carbonyl (C=O) groups is 3.